The molecule has 2 aromatic heterocycles. The van der Waals surface area contributed by atoms with Gasteiger partial charge in [0.05, 0.1) is 0 Å². The van der Waals surface area contributed by atoms with Crippen molar-refractivity contribution in [1.82, 2.24) is 20.1 Å². The van der Waals surface area contributed by atoms with Crippen LogP contribution < -0.4 is 5.32 Å². The predicted molar refractivity (Wildman–Crippen MR) is 65.6 cm³/mol. The highest BCUT2D eigenvalue weighted by Gasteiger charge is 2.20. The van der Waals surface area contributed by atoms with Gasteiger partial charge < -0.3 is 10.4 Å². The van der Waals surface area contributed by atoms with E-state index in [-0.39, 0.29) is 17.8 Å². The van der Waals surface area contributed by atoms with Crippen molar-refractivity contribution < 1.29 is 14.7 Å². The van der Waals surface area contributed by atoms with Crippen molar-refractivity contribution in [3.8, 4) is 0 Å². The van der Waals surface area contributed by atoms with E-state index < -0.39 is 11.9 Å². The van der Waals surface area contributed by atoms with E-state index in [0.29, 0.717) is 0 Å². The fourth-order valence-electron chi connectivity index (χ4n) is 1.58. The second-order valence-corrected chi connectivity index (χ2v) is 3.91. The minimum atomic E-state index is -1.18. The van der Waals surface area contributed by atoms with Crippen LogP contribution in [-0.2, 0) is 13.6 Å². The average Bonchev–Trinajstić information content (AvgIpc) is 2.79. The molecule has 0 radical (unpaired) electrons. The summed E-state index contributed by atoms with van der Waals surface area (Å²) in [5, 5.41) is 15.4. The smallest absolute Gasteiger partial charge is 0.339 e. The monoisotopic (exact) mass is 260 g/mol. The van der Waals surface area contributed by atoms with Crippen molar-refractivity contribution in [2.45, 2.75) is 6.54 Å². The lowest BCUT2D eigenvalue weighted by molar-refractivity contribution is 0.0691. The molecule has 98 valence electrons. The summed E-state index contributed by atoms with van der Waals surface area (Å²) in [6, 6.07) is 3.56. The minimum Gasteiger partial charge on any atom is -0.478 e. The molecule has 7 heteroatoms. The minimum absolute atomic E-state index is 0.0982. The van der Waals surface area contributed by atoms with E-state index in [9.17, 15) is 9.59 Å². The van der Waals surface area contributed by atoms with Gasteiger partial charge >= 0.3 is 5.97 Å². The van der Waals surface area contributed by atoms with E-state index in [1.54, 1.807) is 25.5 Å². The van der Waals surface area contributed by atoms with Crippen LogP contribution in [0.1, 0.15) is 26.4 Å². The third-order valence-corrected chi connectivity index (χ3v) is 2.45. The third kappa shape index (κ3) is 2.95. The average molecular weight is 260 g/mol. The number of carbonyl (C=O) groups excluding carboxylic acids is 1. The van der Waals surface area contributed by atoms with Crippen LogP contribution in [0.3, 0.4) is 0 Å². The number of aromatic nitrogens is 3. The summed E-state index contributed by atoms with van der Waals surface area (Å²) in [5.41, 5.74) is 0.605. The second-order valence-electron chi connectivity index (χ2n) is 3.91. The van der Waals surface area contributed by atoms with Crippen LogP contribution in [0.5, 0.6) is 0 Å². The van der Waals surface area contributed by atoms with Gasteiger partial charge in [0.15, 0.2) is 5.69 Å². The van der Waals surface area contributed by atoms with Crippen molar-refractivity contribution in [1.29, 1.82) is 0 Å². The largest absolute Gasteiger partial charge is 0.478 e. The van der Waals surface area contributed by atoms with Gasteiger partial charge in [0.1, 0.15) is 5.56 Å². The fourth-order valence-corrected chi connectivity index (χ4v) is 1.58. The van der Waals surface area contributed by atoms with Gasteiger partial charge in [-0.1, -0.05) is 6.07 Å². The van der Waals surface area contributed by atoms with Gasteiger partial charge in [-0.25, -0.2) is 4.79 Å². The number of aryl methyl sites for hydroxylation is 1. The Morgan fingerprint density at radius 1 is 1.47 bits per heavy atom. The number of pyridine rings is 1. The van der Waals surface area contributed by atoms with Crippen LogP contribution in [0.4, 0.5) is 0 Å². The molecule has 2 heterocycles. The first-order valence-electron chi connectivity index (χ1n) is 5.52. The van der Waals surface area contributed by atoms with Gasteiger partial charge in [-0.15, -0.1) is 0 Å². The van der Waals surface area contributed by atoms with Crippen molar-refractivity contribution in [2.24, 2.45) is 7.05 Å². The van der Waals surface area contributed by atoms with Gasteiger partial charge in [-0.3, -0.25) is 14.5 Å². The number of nitrogens with one attached hydrogen (secondary N) is 1. The number of nitrogens with zero attached hydrogens (tertiary/aromatic N) is 3. The lowest BCUT2D eigenvalue weighted by Gasteiger charge is -2.03. The van der Waals surface area contributed by atoms with Crippen LogP contribution in [0.25, 0.3) is 0 Å². The Morgan fingerprint density at radius 2 is 2.26 bits per heavy atom. The van der Waals surface area contributed by atoms with Crippen molar-refractivity contribution in [3.05, 3.63) is 47.5 Å². The molecule has 0 aliphatic rings. The van der Waals surface area contributed by atoms with Crippen LogP contribution in [0.15, 0.2) is 30.7 Å². The van der Waals surface area contributed by atoms with Gasteiger partial charge in [-0.05, 0) is 11.6 Å². The summed E-state index contributed by atoms with van der Waals surface area (Å²) in [6.07, 6.45) is 4.55. The first-order valence-corrected chi connectivity index (χ1v) is 5.52. The number of hydrogen-bond donors (Lipinski definition) is 2. The van der Waals surface area contributed by atoms with Crippen LogP contribution in [-0.4, -0.2) is 31.7 Å². The standard InChI is InChI=1S/C12H12N4O3/c1-16-7-9(12(18)19)10(15-16)11(17)14-6-8-3-2-4-13-5-8/h2-5,7H,6H2,1H3,(H,14,17)(H,18,19). The number of carboxylic acids is 1. The predicted octanol–water partition coefficient (Wildman–Crippen LogP) is 0.443. The van der Waals surface area contributed by atoms with E-state index in [1.165, 1.54) is 10.9 Å². The maximum absolute atomic E-state index is 11.9. The summed E-state index contributed by atoms with van der Waals surface area (Å²) < 4.78 is 1.29. The molecule has 19 heavy (non-hydrogen) atoms. The summed E-state index contributed by atoms with van der Waals surface area (Å²) in [5.74, 6) is -1.71. The number of carbonyl (C=O) groups is 2. The summed E-state index contributed by atoms with van der Waals surface area (Å²) in [4.78, 5) is 26.8. The first-order chi connectivity index (χ1) is 9.08. The number of rotatable bonds is 4. The SMILES string of the molecule is Cn1cc(C(=O)O)c(C(=O)NCc2cccnc2)n1. The molecule has 0 saturated heterocycles. The first kappa shape index (κ1) is 12.7. The Bertz CT molecular complexity index is 607. The number of hydrogen-bond acceptors (Lipinski definition) is 4. The van der Waals surface area contributed by atoms with E-state index >= 15 is 0 Å². The summed E-state index contributed by atoms with van der Waals surface area (Å²) >= 11 is 0. The molecule has 0 aliphatic heterocycles. The topological polar surface area (TPSA) is 97.1 Å². The molecule has 0 saturated carbocycles. The molecule has 0 aromatic carbocycles. The maximum Gasteiger partial charge on any atom is 0.339 e. The Kier molecular flexibility index (Phi) is 3.56. The van der Waals surface area contributed by atoms with Gasteiger partial charge in [0.2, 0.25) is 0 Å². The molecular formula is C12H12N4O3. The Hall–Kier alpha value is -2.70. The Morgan fingerprint density at radius 3 is 2.89 bits per heavy atom. The lowest BCUT2D eigenvalue weighted by atomic mass is 10.2. The zero-order valence-corrected chi connectivity index (χ0v) is 10.2. The molecular weight excluding hydrogens is 248 g/mol. The zero-order chi connectivity index (χ0) is 13.8. The number of amides is 1. The molecule has 7 nitrogen and oxygen atoms in total. The molecule has 0 aliphatic carbocycles. The van der Waals surface area contributed by atoms with Gasteiger partial charge in [-0.2, -0.15) is 5.10 Å². The second kappa shape index (κ2) is 5.30. The molecule has 0 unspecified atom stereocenters. The molecule has 0 atom stereocenters. The Balaban J connectivity index is 2.10. The van der Waals surface area contributed by atoms with Crippen LogP contribution >= 0.6 is 0 Å². The maximum atomic E-state index is 11.9. The third-order valence-electron chi connectivity index (χ3n) is 2.45. The summed E-state index contributed by atoms with van der Waals surface area (Å²) in [7, 11) is 1.56. The molecule has 0 spiro atoms. The normalized spacial score (nSPS) is 10.2. The Labute approximate surface area is 108 Å². The van der Waals surface area contributed by atoms with Gasteiger partial charge in [0.25, 0.3) is 5.91 Å². The fraction of sp³-hybridized carbons (Fsp3) is 0.167. The van der Waals surface area contributed by atoms with E-state index in [4.69, 9.17) is 5.11 Å². The number of carboxylic acid groups (broad SMARTS) is 1. The zero-order valence-electron chi connectivity index (χ0n) is 10.2. The van der Waals surface area contributed by atoms with Crippen molar-refractivity contribution >= 4 is 11.9 Å². The molecule has 0 fully saturated rings. The van der Waals surface area contributed by atoms with E-state index in [1.807, 2.05) is 6.07 Å². The molecule has 2 rings (SSSR count). The lowest BCUT2D eigenvalue weighted by Crippen LogP contribution is -2.25. The quantitative estimate of drug-likeness (QED) is 0.831. The molecule has 2 N–H and O–H groups in total. The van der Waals surface area contributed by atoms with E-state index in [0.717, 1.165) is 5.56 Å². The van der Waals surface area contributed by atoms with Crippen molar-refractivity contribution in [3.63, 3.8) is 0 Å². The highest BCUT2D eigenvalue weighted by atomic mass is 16.4. The van der Waals surface area contributed by atoms with E-state index in [2.05, 4.69) is 15.4 Å². The molecule has 0 bridgehead atoms. The summed E-state index contributed by atoms with van der Waals surface area (Å²) in [6.45, 7) is 0.266. The molecule has 1 amide bonds. The van der Waals surface area contributed by atoms with Crippen LogP contribution in [0.2, 0.25) is 0 Å². The van der Waals surface area contributed by atoms with Crippen LogP contribution in [0, 0.1) is 0 Å². The van der Waals surface area contributed by atoms with Crippen molar-refractivity contribution in [2.75, 3.05) is 0 Å². The molecule has 2 aromatic rings. The number of aromatic carboxylic acids is 1. The highest BCUT2D eigenvalue weighted by molar-refractivity contribution is 6.03. The van der Waals surface area contributed by atoms with Gasteiger partial charge in [0, 0.05) is 32.2 Å². The highest BCUT2D eigenvalue weighted by Crippen LogP contribution is 2.06.